The van der Waals surface area contributed by atoms with E-state index in [1.807, 2.05) is 35.7 Å². The summed E-state index contributed by atoms with van der Waals surface area (Å²) in [7, 11) is 0. The fourth-order valence-corrected chi connectivity index (χ4v) is 4.60. The van der Waals surface area contributed by atoms with Gasteiger partial charge in [0, 0.05) is 0 Å². The lowest BCUT2D eigenvalue weighted by Crippen LogP contribution is -2.24. The third-order valence-corrected chi connectivity index (χ3v) is 6.44. The molecule has 0 spiro atoms. The molecular formula is C22H15FN4O2S2. The molecule has 0 bridgehead atoms. The molecule has 0 atom stereocenters. The molecule has 154 valence electrons. The van der Waals surface area contributed by atoms with Crippen molar-refractivity contribution in [2.45, 2.75) is 17.5 Å². The maximum Gasteiger partial charge on any atom is 0.262 e. The molecule has 2 aromatic carbocycles. The highest BCUT2D eigenvalue weighted by molar-refractivity contribution is 7.98. The zero-order chi connectivity index (χ0) is 21.2. The second kappa shape index (κ2) is 8.44. The molecule has 3 heterocycles. The molecule has 0 unspecified atom stereocenters. The van der Waals surface area contributed by atoms with Gasteiger partial charge in [0.1, 0.15) is 5.82 Å². The first kappa shape index (κ1) is 19.7. The van der Waals surface area contributed by atoms with E-state index >= 15 is 0 Å². The quantitative estimate of drug-likeness (QED) is 0.268. The molecule has 5 rings (SSSR count). The molecule has 0 aliphatic rings. The Hall–Kier alpha value is -3.30. The van der Waals surface area contributed by atoms with Crippen molar-refractivity contribution >= 4 is 34.0 Å². The SMILES string of the molecule is O=c1c2ccccc2nc(SCc2nc(-c3cccs3)no2)n1Cc1ccc(F)cc1. The molecule has 31 heavy (non-hydrogen) atoms. The number of fused-ring (bicyclic) bond motifs is 1. The molecule has 0 saturated heterocycles. The zero-order valence-electron chi connectivity index (χ0n) is 16.1. The monoisotopic (exact) mass is 450 g/mol. The Morgan fingerprint density at radius 2 is 1.87 bits per heavy atom. The van der Waals surface area contributed by atoms with Gasteiger partial charge in [0.25, 0.3) is 5.56 Å². The van der Waals surface area contributed by atoms with E-state index in [0.29, 0.717) is 33.5 Å². The summed E-state index contributed by atoms with van der Waals surface area (Å²) < 4.78 is 20.3. The van der Waals surface area contributed by atoms with E-state index in [2.05, 4.69) is 15.1 Å². The summed E-state index contributed by atoms with van der Waals surface area (Å²) in [6, 6.07) is 17.2. The number of nitrogens with zero attached hydrogens (tertiary/aromatic N) is 4. The third kappa shape index (κ3) is 4.14. The minimum absolute atomic E-state index is 0.151. The lowest BCUT2D eigenvalue weighted by Gasteiger charge is -2.12. The van der Waals surface area contributed by atoms with Crippen molar-refractivity contribution in [3.05, 3.63) is 93.7 Å². The fourth-order valence-electron chi connectivity index (χ4n) is 3.12. The number of thioether (sulfide) groups is 1. The Bertz CT molecular complexity index is 1400. The van der Waals surface area contributed by atoms with Gasteiger partial charge < -0.3 is 4.52 Å². The van der Waals surface area contributed by atoms with Gasteiger partial charge >= 0.3 is 0 Å². The summed E-state index contributed by atoms with van der Waals surface area (Å²) in [5.41, 5.74) is 1.28. The van der Waals surface area contributed by atoms with Crippen LogP contribution in [0.1, 0.15) is 11.5 Å². The number of thiophene rings is 1. The molecule has 0 aliphatic heterocycles. The second-order valence-corrected chi connectivity index (χ2v) is 8.60. The highest BCUT2D eigenvalue weighted by Crippen LogP contribution is 2.25. The van der Waals surface area contributed by atoms with E-state index in [9.17, 15) is 9.18 Å². The Kier molecular flexibility index (Phi) is 5.35. The van der Waals surface area contributed by atoms with Crippen LogP contribution in [0.15, 0.2) is 80.5 Å². The van der Waals surface area contributed by atoms with Gasteiger partial charge in [0.15, 0.2) is 5.16 Å². The molecule has 6 nitrogen and oxygen atoms in total. The summed E-state index contributed by atoms with van der Waals surface area (Å²) in [6.07, 6.45) is 0. The van der Waals surface area contributed by atoms with Gasteiger partial charge in [-0.25, -0.2) is 9.37 Å². The van der Waals surface area contributed by atoms with Crippen LogP contribution in [0.4, 0.5) is 4.39 Å². The van der Waals surface area contributed by atoms with Crippen molar-refractivity contribution in [3.63, 3.8) is 0 Å². The largest absolute Gasteiger partial charge is 0.338 e. The summed E-state index contributed by atoms with van der Waals surface area (Å²) in [4.78, 5) is 23.2. The Morgan fingerprint density at radius 1 is 1.03 bits per heavy atom. The molecule has 0 aliphatic carbocycles. The standard InChI is InChI=1S/C22H15FN4O2S2/c23-15-9-7-14(8-10-15)12-27-21(28)16-4-1-2-5-17(16)24-22(27)31-13-19-25-20(26-29-19)18-6-3-11-30-18/h1-11H,12-13H2. The zero-order valence-corrected chi connectivity index (χ0v) is 17.7. The topological polar surface area (TPSA) is 73.8 Å². The molecule has 9 heteroatoms. The number of rotatable bonds is 6. The van der Waals surface area contributed by atoms with Gasteiger partial charge in [-0.3, -0.25) is 9.36 Å². The number of hydrogen-bond acceptors (Lipinski definition) is 7. The number of benzene rings is 2. The van der Waals surface area contributed by atoms with Crippen molar-refractivity contribution in [3.8, 4) is 10.7 Å². The van der Waals surface area contributed by atoms with Crippen LogP contribution >= 0.6 is 23.1 Å². The Labute approximate surface area is 184 Å². The minimum atomic E-state index is -0.319. The predicted molar refractivity (Wildman–Crippen MR) is 119 cm³/mol. The summed E-state index contributed by atoms with van der Waals surface area (Å²) in [5.74, 6) is 1.04. The maximum absolute atomic E-state index is 13.3. The van der Waals surface area contributed by atoms with Crippen molar-refractivity contribution in [2.75, 3.05) is 0 Å². The van der Waals surface area contributed by atoms with Crippen LogP contribution in [0.2, 0.25) is 0 Å². The van der Waals surface area contributed by atoms with E-state index in [1.54, 1.807) is 22.8 Å². The Balaban J connectivity index is 1.47. The first-order valence-corrected chi connectivity index (χ1v) is 11.3. The van der Waals surface area contributed by atoms with Gasteiger partial charge in [-0.05, 0) is 41.3 Å². The lowest BCUT2D eigenvalue weighted by molar-refractivity contribution is 0.391. The molecule has 3 aromatic heterocycles. The highest BCUT2D eigenvalue weighted by atomic mass is 32.2. The van der Waals surface area contributed by atoms with Gasteiger partial charge in [0.05, 0.1) is 28.1 Å². The molecule has 0 amide bonds. The van der Waals surface area contributed by atoms with Crippen LogP contribution in [-0.2, 0) is 12.3 Å². The van der Waals surface area contributed by atoms with Gasteiger partial charge in [-0.1, -0.05) is 47.3 Å². The summed E-state index contributed by atoms with van der Waals surface area (Å²) in [6.45, 7) is 0.281. The van der Waals surface area contributed by atoms with E-state index in [4.69, 9.17) is 4.52 Å². The van der Waals surface area contributed by atoms with E-state index < -0.39 is 0 Å². The maximum atomic E-state index is 13.3. The van der Waals surface area contributed by atoms with Crippen molar-refractivity contribution in [1.82, 2.24) is 19.7 Å². The van der Waals surface area contributed by atoms with Gasteiger partial charge in [0.2, 0.25) is 11.7 Å². The van der Waals surface area contributed by atoms with Crippen LogP contribution in [0, 0.1) is 5.82 Å². The highest BCUT2D eigenvalue weighted by Gasteiger charge is 2.15. The first-order chi connectivity index (χ1) is 15.2. The number of para-hydroxylation sites is 1. The molecule has 5 aromatic rings. The molecule has 0 N–H and O–H groups in total. The van der Waals surface area contributed by atoms with Crippen molar-refractivity contribution in [1.29, 1.82) is 0 Å². The van der Waals surface area contributed by atoms with Crippen LogP contribution in [0.5, 0.6) is 0 Å². The number of aromatic nitrogens is 4. The summed E-state index contributed by atoms with van der Waals surface area (Å²) >= 11 is 2.88. The lowest BCUT2D eigenvalue weighted by atomic mass is 10.2. The van der Waals surface area contributed by atoms with Gasteiger partial charge in [-0.2, -0.15) is 4.98 Å². The summed E-state index contributed by atoms with van der Waals surface area (Å²) in [5, 5.41) is 7.04. The molecule has 0 fully saturated rings. The van der Waals surface area contributed by atoms with Gasteiger partial charge in [-0.15, -0.1) is 11.3 Å². The van der Waals surface area contributed by atoms with E-state index in [1.165, 1.54) is 35.2 Å². The molecular weight excluding hydrogens is 435 g/mol. The minimum Gasteiger partial charge on any atom is -0.338 e. The van der Waals surface area contributed by atoms with E-state index in [-0.39, 0.29) is 17.9 Å². The number of hydrogen-bond donors (Lipinski definition) is 0. The van der Waals surface area contributed by atoms with Crippen molar-refractivity contribution < 1.29 is 8.91 Å². The second-order valence-electron chi connectivity index (χ2n) is 6.71. The average molecular weight is 451 g/mol. The molecule has 0 radical (unpaired) electrons. The third-order valence-electron chi connectivity index (χ3n) is 4.61. The predicted octanol–water partition coefficient (Wildman–Crippen LogP) is 4.99. The number of halogens is 1. The van der Waals surface area contributed by atoms with E-state index in [0.717, 1.165) is 10.4 Å². The van der Waals surface area contributed by atoms with Crippen LogP contribution in [0.25, 0.3) is 21.6 Å². The normalized spacial score (nSPS) is 11.3. The molecule has 0 saturated carbocycles. The average Bonchev–Trinajstić information content (AvgIpc) is 3.48. The smallest absolute Gasteiger partial charge is 0.262 e. The van der Waals surface area contributed by atoms with Crippen LogP contribution in [-0.4, -0.2) is 19.7 Å². The van der Waals surface area contributed by atoms with Crippen LogP contribution in [0.3, 0.4) is 0 Å². The first-order valence-electron chi connectivity index (χ1n) is 9.41. The van der Waals surface area contributed by atoms with Crippen molar-refractivity contribution in [2.24, 2.45) is 0 Å². The Morgan fingerprint density at radius 3 is 2.68 bits per heavy atom. The van der Waals surface area contributed by atoms with Crippen LogP contribution < -0.4 is 5.56 Å². The fraction of sp³-hybridized carbons (Fsp3) is 0.0909.